The van der Waals surface area contributed by atoms with Crippen LogP contribution in [0, 0.1) is 19.7 Å². The van der Waals surface area contributed by atoms with Crippen molar-refractivity contribution >= 4 is 25.7 Å². The molecule has 1 saturated heterocycles. The van der Waals surface area contributed by atoms with Crippen LogP contribution in [0.5, 0.6) is 0 Å². The van der Waals surface area contributed by atoms with Gasteiger partial charge in [0.2, 0.25) is 20.0 Å². The first kappa shape index (κ1) is 21.7. The molecule has 0 saturated carbocycles. The van der Waals surface area contributed by atoms with Crippen LogP contribution in [0.3, 0.4) is 0 Å². The third-order valence-electron chi connectivity index (χ3n) is 5.02. The number of halogens is 1. The fraction of sp³-hybridized carbons (Fsp3) is 0.400. The van der Waals surface area contributed by atoms with Crippen molar-refractivity contribution in [3.05, 3.63) is 58.9 Å². The second kappa shape index (κ2) is 8.41. The van der Waals surface area contributed by atoms with Gasteiger partial charge in [0.15, 0.2) is 0 Å². The second-order valence-corrected chi connectivity index (χ2v) is 11.0. The fourth-order valence-corrected chi connectivity index (χ4v) is 6.48. The average molecular weight is 441 g/mol. The van der Waals surface area contributed by atoms with Gasteiger partial charge in [0, 0.05) is 13.1 Å². The van der Waals surface area contributed by atoms with E-state index in [1.165, 1.54) is 22.5 Å². The summed E-state index contributed by atoms with van der Waals surface area (Å²) in [7, 11) is -7.13. The maximum Gasteiger partial charge on any atom is 0.240 e. The molecule has 0 spiro atoms. The summed E-state index contributed by atoms with van der Waals surface area (Å²) >= 11 is 0. The van der Waals surface area contributed by atoms with Crippen LogP contribution in [-0.4, -0.2) is 35.7 Å². The van der Waals surface area contributed by atoms with Crippen molar-refractivity contribution in [3.63, 3.8) is 0 Å². The van der Waals surface area contributed by atoms with E-state index in [4.69, 9.17) is 0 Å². The Morgan fingerprint density at radius 2 is 1.76 bits per heavy atom. The number of hydrogen-bond donors (Lipinski definition) is 1. The molecule has 0 atom stereocenters. The Kier molecular flexibility index (Phi) is 6.30. The molecule has 0 aromatic heterocycles. The highest BCUT2D eigenvalue weighted by Gasteiger charge is 2.28. The van der Waals surface area contributed by atoms with Crippen LogP contribution in [0.4, 0.5) is 10.1 Å². The molecule has 0 amide bonds. The maximum absolute atomic E-state index is 13.0. The van der Waals surface area contributed by atoms with E-state index in [1.807, 2.05) is 0 Å². The third-order valence-corrected chi connectivity index (χ3v) is 8.48. The normalized spacial score (nSPS) is 16.7. The molecule has 1 aliphatic heterocycles. The number of anilines is 1. The Bertz CT molecular complexity index is 1100. The number of hydrogen-bond acceptors (Lipinski definition) is 4. The topological polar surface area (TPSA) is 83.6 Å². The van der Waals surface area contributed by atoms with Crippen LogP contribution in [0.25, 0.3) is 0 Å². The fourth-order valence-electron chi connectivity index (χ4n) is 3.45. The summed E-state index contributed by atoms with van der Waals surface area (Å²) in [6, 6.07) is 9.07. The van der Waals surface area contributed by atoms with Gasteiger partial charge in [-0.05, 0) is 74.1 Å². The van der Waals surface area contributed by atoms with Crippen LogP contribution >= 0.6 is 0 Å². The zero-order chi connectivity index (χ0) is 21.2. The van der Waals surface area contributed by atoms with E-state index in [2.05, 4.69) is 4.72 Å². The van der Waals surface area contributed by atoms with Gasteiger partial charge in [-0.15, -0.1) is 0 Å². The first-order valence-electron chi connectivity index (χ1n) is 9.46. The van der Waals surface area contributed by atoms with Crippen LogP contribution in [0.2, 0.25) is 0 Å². The predicted molar refractivity (Wildman–Crippen MR) is 112 cm³/mol. The van der Waals surface area contributed by atoms with E-state index in [9.17, 15) is 21.2 Å². The molecule has 1 N–H and O–H groups in total. The number of nitrogens with one attached hydrogen (secondary N) is 1. The summed E-state index contributed by atoms with van der Waals surface area (Å²) < 4.78 is 67.2. The van der Waals surface area contributed by atoms with Gasteiger partial charge in [-0.2, -0.15) is 0 Å². The Morgan fingerprint density at radius 1 is 1.07 bits per heavy atom. The molecule has 0 bridgehead atoms. The molecular weight excluding hydrogens is 415 g/mol. The van der Waals surface area contributed by atoms with Crippen LogP contribution in [-0.2, 0) is 26.5 Å². The smallest absolute Gasteiger partial charge is 0.240 e. The van der Waals surface area contributed by atoms with Crippen molar-refractivity contribution in [1.29, 1.82) is 0 Å². The zero-order valence-electron chi connectivity index (χ0n) is 16.5. The van der Waals surface area contributed by atoms with E-state index in [0.29, 0.717) is 36.2 Å². The molecule has 1 aliphatic rings. The molecule has 1 fully saturated rings. The average Bonchev–Trinajstić information content (AvgIpc) is 2.64. The lowest BCUT2D eigenvalue weighted by Gasteiger charge is -2.30. The molecule has 2 aromatic carbocycles. The van der Waals surface area contributed by atoms with E-state index in [1.54, 1.807) is 32.0 Å². The zero-order valence-corrected chi connectivity index (χ0v) is 18.1. The summed E-state index contributed by atoms with van der Waals surface area (Å²) in [5.74, 6) is -0.229. The predicted octanol–water partition coefficient (Wildman–Crippen LogP) is 2.89. The maximum atomic E-state index is 13.0. The minimum Gasteiger partial charge on any atom is -0.270 e. The Morgan fingerprint density at radius 3 is 2.41 bits per heavy atom. The van der Waals surface area contributed by atoms with Crippen LogP contribution in [0.15, 0.2) is 41.3 Å². The van der Waals surface area contributed by atoms with Crippen LogP contribution in [0.1, 0.15) is 29.5 Å². The molecule has 3 rings (SSSR count). The molecular formula is C20H25FN2O4S2. The van der Waals surface area contributed by atoms with Crippen molar-refractivity contribution < 1.29 is 21.2 Å². The van der Waals surface area contributed by atoms with Crippen molar-refractivity contribution in [2.45, 2.75) is 38.0 Å². The molecule has 1 heterocycles. The minimum absolute atomic E-state index is 0.108. The third kappa shape index (κ3) is 4.96. The summed E-state index contributed by atoms with van der Waals surface area (Å²) in [5.41, 5.74) is 2.45. The van der Waals surface area contributed by atoms with Gasteiger partial charge in [-0.1, -0.05) is 12.1 Å². The van der Waals surface area contributed by atoms with Crippen molar-refractivity contribution in [2.24, 2.45) is 0 Å². The summed E-state index contributed by atoms with van der Waals surface area (Å²) in [6.07, 6.45) is 1.85. The molecule has 0 unspecified atom stereocenters. The van der Waals surface area contributed by atoms with Gasteiger partial charge >= 0.3 is 0 Å². The lowest BCUT2D eigenvalue weighted by Crippen LogP contribution is -2.38. The first-order chi connectivity index (χ1) is 13.6. The van der Waals surface area contributed by atoms with Gasteiger partial charge in [-0.3, -0.25) is 4.31 Å². The first-order valence-corrected chi connectivity index (χ1v) is 12.6. The second-order valence-electron chi connectivity index (χ2n) is 7.27. The molecule has 9 heteroatoms. The highest BCUT2D eigenvalue weighted by Crippen LogP contribution is 2.31. The van der Waals surface area contributed by atoms with E-state index in [-0.39, 0.29) is 23.0 Å². The van der Waals surface area contributed by atoms with Crippen molar-refractivity contribution in [2.75, 3.05) is 23.1 Å². The quantitative estimate of drug-likeness (QED) is 0.749. The van der Waals surface area contributed by atoms with Gasteiger partial charge in [-0.25, -0.2) is 25.9 Å². The number of aryl methyl sites for hydroxylation is 2. The van der Waals surface area contributed by atoms with E-state index < -0.39 is 20.0 Å². The Labute approximate surface area is 171 Å². The molecule has 158 valence electrons. The monoisotopic (exact) mass is 440 g/mol. The summed E-state index contributed by atoms with van der Waals surface area (Å²) in [4.78, 5) is 0.132. The number of rotatable bonds is 6. The van der Waals surface area contributed by atoms with Crippen molar-refractivity contribution in [1.82, 2.24) is 4.72 Å². The van der Waals surface area contributed by atoms with Crippen LogP contribution < -0.4 is 9.03 Å². The number of benzene rings is 2. The lowest BCUT2D eigenvalue weighted by molar-refractivity contribution is 0.574. The Balaban J connectivity index is 1.79. The van der Waals surface area contributed by atoms with E-state index in [0.717, 1.165) is 12.0 Å². The van der Waals surface area contributed by atoms with Gasteiger partial charge in [0.1, 0.15) is 5.82 Å². The number of sulfonamides is 2. The van der Waals surface area contributed by atoms with Gasteiger partial charge in [0.05, 0.1) is 16.3 Å². The highest BCUT2D eigenvalue weighted by molar-refractivity contribution is 7.92. The van der Waals surface area contributed by atoms with Gasteiger partial charge in [0.25, 0.3) is 0 Å². The molecule has 6 nitrogen and oxygen atoms in total. The largest absolute Gasteiger partial charge is 0.270 e. The Hall–Kier alpha value is -1.97. The molecule has 0 aliphatic carbocycles. The molecule has 2 aromatic rings. The summed E-state index contributed by atoms with van der Waals surface area (Å²) in [6.45, 7) is 3.96. The SMILES string of the molecule is Cc1cc(S(=O)(=O)NCCc2ccc(F)cc2)c(C)cc1N1CCCCS1(=O)=O. The van der Waals surface area contributed by atoms with Gasteiger partial charge < -0.3 is 0 Å². The molecule has 29 heavy (non-hydrogen) atoms. The highest BCUT2D eigenvalue weighted by atomic mass is 32.2. The van der Waals surface area contributed by atoms with E-state index >= 15 is 0 Å². The minimum atomic E-state index is -3.76. The summed E-state index contributed by atoms with van der Waals surface area (Å²) in [5, 5.41) is 0. The number of nitrogens with zero attached hydrogens (tertiary/aromatic N) is 1. The standard InChI is InChI=1S/C20H25FN2O4S2/c1-15-14-20(16(2)13-19(15)23-11-3-4-12-28(23,24)25)29(26,27)22-10-9-17-5-7-18(21)8-6-17/h5-8,13-14,22H,3-4,9-12H2,1-2H3. The van der Waals surface area contributed by atoms with Crippen molar-refractivity contribution in [3.8, 4) is 0 Å². The molecule has 0 radical (unpaired) electrons. The lowest BCUT2D eigenvalue weighted by atomic mass is 10.1.